The number of fused-ring (bicyclic) bond motifs is 2. The fourth-order valence-corrected chi connectivity index (χ4v) is 6.18. The molecule has 0 aliphatic carbocycles. The van der Waals surface area contributed by atoms with E-state index in [0.717, 1.165) is 0 Å². The van der Waals surface area contributed by atoms with E-state index in [4.69, 9.17) is 0 Å². The molecule has 0 radical (unpaired) electrons. The van der Waals surface area contributed by atoms with E-state index in [1.54, 1.807) is 0 Å². The molecule has 7 aromatic carbocycles. The van der Waals surface area contributed by atoms with Gasteiger partial charge >= 0.3 is 0 Å². The lowest BCUT2D eigenvalue weighted by Gasteiger charge is -2.18. The Hall–Kier alpha value is -4.21. The highest BCUT2D eigenvalue weighted by Gasteiger charge is 2.17. The monoisotopic (exact) mass is 608 g/mol. The standard InChI is InChI=1S/C38H25I/c39-32-23-24-35-36(25-32)38(31-21-17-29(18-22-31)27-11-5-2-6-12-27)34-14-8-7-13-33(34)37(35)30-19-15-28(16-20-30)26-9-3-1-4-10-26/h1-25H. The average molecular weight is 609 g/mol. The van der Waals surface area contributed by atoms with Gasteiger partial charge in [0.05, 0.1) is 0 Å². The van der Waals surface area contributed by atoms with Crippen LogP contribution in [0.3, 0.4) is 0 Å². The van der Waals surface area contributed by atoms with Crippen molar-refractivity contribution < 1.29 is 0 Å². The first-order valence-corrected chi connectivity index (χ1v) is 14.3. The van der Waals surface area contributed by atoms with Crippen LogP contribution in [0.1, 0.15) is 0 Å². The van der Waals surface area contributed by atoms with Crippen molar-refractivity contribution in [3.8, 4) is 44.5 Å². The van der Waals surface area contributed by atoms with E-state index in [-0.39, 0.29) is 0 Å². The Bertz CT molecular complexity index is 1920. The molecule has 0 aliphatic heterocycles. The van der Waals surface area contributed by atoms with Crippen LogP contribution in [-0.2, 0) is 0 Å². The second kappa shape index (κ2) is 10.2. The van der Waals surface area contributed by atoms with E-state index in [1.165, 1.54) is 69.6 Å². The minimum atomic E-state index is 1.23. The lowest BCUT2D eigenvalue weighted by Crippen LogP contribution is -1.92. The van der Waals surface area contributed by atoms with Gasteiger partial charge in [-0.25, -0.2) is 0 Å². The van der Waals surface area contributed by atoms with E-state index >= 15 is 0 Å². The van der Waals surface area contributed by atoms with Gasteiger partial charge in [-0.15, -0.1) is 0 Å². The van der Waals surface area contributed by atoms with E-state index in [1.807, 2.05) is 0 Å². The minimum Gasteiger partial charge on any atom is -0.0622 e. The molecule has 184 valence electrons. The third-order valence-corrected chi connectivity index (χ3v) is 8.22. The minimum absolute atomic E-state index is 1.23. The Morgan fingerprint density at radius 3 is 1.13 bits per heavy atom. The molecule has 0 heterocycles. The van der Waals surface area contributed by atoms with Gasteiger partial charge in [-0.3, -0.25) is 0 Å². The summed E-state index contributed by atoms with van der Waals surface area (Å²) in [5.41, 5.74) is 10.0. The molecule has 0 unspecified atom stereocenters. The molecule has 0 bridgehead atoms. The number of hydrogen-bond donors (Lipinski definition) is 0. The third-order valence-electron chi connectivity index (χ3n) is 7.55. The average Bonchev–Trinajstić information content (AvgIpc) is 3.01. The van der Waals surface area contributed by atoms with Crippen molar-refractivity contribution in [2.75, 3.05) is 0 Å². The van der Waals surface area contributed by atoms with Crippen molar-refractivity contribution >= 4 is 44.1 Å². The molecule has 1 heteroatoms. The van der Waals surface area contributed by atoms with E-state index in [2.05, 4.69) is 174 Å². The van der Waals surface area contributed by atoms with Crippen molar-refractivity contribution in [3.63, 3.8) is 0 Å². The zero-order valence-corrected chi connectivity index (χ0v) is 23.5. The third kappa shape index (κ3) is 4.43. The summed E-state index contributed by atoms with van der Waals surface area (Å²) < 4.78 is 1.24. The summed E-state index contributed by atoms with van der Waals surface area (Å²) in [6.07, 6.45) is 0. The second-order valence-corrected chi connectivity index (χ2v) is 11.1. The summed E-state index contributed by atoms with van der Waals surface area (Å²) in [5.74, 6) is 0. The molecule has 7 rings (SSSR count). The molecular weight excluding hydrogens is 583 g/mol. The summed E-state index contributed by atoms with van der Waals surface area (Å²) in [6, 6.07) is 55.0. The van der Waals surface area contributed by atoms with Gasteiger partial charge in [0.2, 0.25) is 0 Å². The van der Waals surface area contributed by atoms with Crippen LogP contribution in [0.15, 0.2) is 152 Å². The zero-order chi connectivity index (χ0) is 26.2. The SMILES string of the molecule is Ic1ccc2c(-c3ccc(-c4ccccc4)cc3)c3ccccc3c(-c3ccc(-c4ccccc4)cc3)c2c1. The Labute approximate surface area is 242 Å². The zero-order valence-electron chi connectivity index (χ0n) is 21.3. The molecule has 0 N–H and O–H groups in total. The van der Waals surface area contributed by atoms with Crippen molar-refractivity contribution in [3.05, 3.63) is 155 Å². The molecule has 39 heavy (non-hydrogen) atoms. The lowest BCUT2D eigenvalue weighted by molar-refractivity contribution is 1.60. The maximum atomic E-state index is 2.44. The highest BCUT2D eigenvalue weighted by Crippen LogP contribution is 2.44. The highest BCUT2D eigenvalue weighted by atomic mass is 127. The molecule has 0 atom stereocenters. The van der Waals surface area contributed by atoms with Crippen LogP contribution in [0.4, 0.5) is 0 Å². The summed E-state index contributed by atoms with van der Waals surface area (Å²) in [4.78, 5) is 0. The molecular formula is C38H25I. The molecule has 0 saturated heterocycles. The van der Waals surface area contributed by atoms with Gasteiger partial charge in [-0.2, -0.15) is 0 Å². The van der Waals surface area contributed by atoms with Crippen molar-refractivity contribution in [1.29, 1.82) is 0 Å². The Morgan fingerprint density at radius 1 is 0.282 bits per heavy atom. The van der Waals surface area contributed by atoms with Crippen LogP contribution in [0.25, 0.3) is 66.1 Å². The Balaban J connectivity index is 1.45. The smallest absolute Gasteiger partial charge is 0.0136 e. The molecule has 7 aromatic rings. The fraction of sp³-hybridized carbons (Fsp3) is 0. The molecule has 0 aromatic heterocycles. The van der Waals surface area contributed by atoms with Crippen molar-refractivity contribution in [2.24, 2.45) is 0 Å². The molecule has 0 aliphatic rings. The summed E-state index contributed by atoms with van der Waals surface area (Å²) >= 11 is 2.44. The Morgan fingerprint density at radius 2 is 0.641 bits per heavy atom. The number of rotatable bonds is 4. The van der Waals surface area contributed by atoms with Gasteiger partial charge in [0, 0.05) is 3.57 Å². The van der Waals surface area contributed by atoms with Crippen molar-refractivity contribution in [1.82, 2.24) is 0 Å². The lowest BCUT2D eigenvalue weighted by atomic mass is 9.85. The van der Waals surface area contributed by atoms with Gasteiger partial charge < -0.3 is 0 Å². The molecule has 0 amide bonds. The Kier molecular flexibility index (Phi) is 6.22. The van der Waals surface area contributed by atoms with E-state index in [0.29, 0.717) is 0 Å². The van der Waals surface area contributed by atoms with Gasteiger partial charge in [-0.05, 0) is 101 Å². The predicted octanol–water partition coefficient (Wildman–Crippen LogP) is 11.3. The van der Waals surface area contributed by atoms with Crippen LogP contribution in [0.5, 0.6) is 0 Å². The van der Waals surface area contributed by atoms with Crippen molar-refractivity contribution in [2.45, 2.75) is 0 Å². The number of benzene rings is 7. The van der Waals surface area contributed by atoms with Crippen LogP contribution < -0.4 is 0 Å². The maximum Gasteiger partial charge on any atom is 0.0136 e. The first-order chi connectivity index (χ1) is 19.3. The first kappa shape index (κ1) is 23.9. The molecule has 0 saturated carbocycles. The van der Waals surface area contributed by atoms with Gasteiger partial charge in [0.25, 0.3) is 0 Å². The van der Waals surface area contributed by atoms with E-state index < -0.39 is 0 Å². The van der Waals surface area contributed by atoms with Crippen LogP contribution in [0, 0.1) is 3.57 Å². The quantitative estimate of drug-likeness (QED) is 0.138. The summed E-state index contributed by atoms with van der Waals surface area (Å²) in [7, 11) is 0. The second-order valence-electron chi connectivity index (χ2n) is 9.87. The number of hydrogen-bond acceptors (Lipinski definition) is 0. The highest BCUT2D eigenvalue weighted by molar-refractivity contribution is 14.1. The van der Waals surface area contributed by atoms with Gasteiger partial charge in [0.1, 0.15) is 0 Å². The van der Waals surface area contributed by atoms with Gasteiger partial charge in [-0.1, -0.05) is 140 Å². The largest absolute Gasteiger partial charge is 0.0622 e. The summed E-state index contributed by atoms with van der Waals surface area (Å²) in [5, 5.41) is 5.13. The molecule has 0 nitrogen and oxygen atoms in total. The van der Waals surface area contributed by atoms with Crippen LogP contribution >= 0.6 is 22.6 Å². The first-order valence-electron chi connectivity index (χ1n) is 13.2. The van der Waals surface area contributed by atoms with Crippen LogP contribution in [-0.4, -0.2) is 0 Å². The topological polar surface area (TPSA) is 0 Å². The maximum absolute atomic E-state index is 2.44. The number of halogens is 1. The van der Waals surface area contributed by atoms with E-state index in [9.17, 15) is 0 Å². The summed E-state index contributed by atoms with van der Waals surface area (Å²) in [6.45, 7) is 0. The fourth-order valence-electron chi connectivity index (χ4n) is 5.69. The van der Waals surface area contributed by atoms with Gasteiger partial charge in [0.15, 0.2) is 0 Å². The molecule has 0 spiro atoms. The predicted molar refractivity (Wildman–Crippen MR) is 176 cm³/mol. The molecule has 0 fully saturated rings. The van der Waals surface area contributed by atoms with Crippen LogP contribution in [0.2, 0.25) is 0 Å². The normalized spacial score (nSPS) is 11.2.